The van der Waals surface area contributed by atoms with Crippen molar-refractivity contribution in [3.8, 4) is 17.6 Å². The van der Waals surface area contributed by atoms with Crippen molar-refractivity contribution in [1.29, 1.82) is 5.26 Å². The van der Waals surface area contributed by atoms with Crippen molar-refractivity contribution >= 4 is 11.6 Å². The van der Waals surface area contributed by atoms with Gasteiger partial charge in [-0.2, -0.15) is 5.26 Å². The molecule has 22 heavy (non-hydrogen) atoms. The van der Waals surface area contributed by atoms with Gasteiger partial charge < -0.3 is 9.47 Å². The maximum Gasteiger partial charge on any atom is 0.132 e. The maximum atomic E-state index is 13.3. The Morgan fingerprint density at radius 2 is 1.95 bits per heavy atom. The highest BCUT2D eigenvalue weighted by atomic mass is 19.1. The third-order valence-electron chi connectivity index (χ3n) is 3.37. The van der Waals surface area contributed by atoms with Gasteiger partial charge in [0, 0.05) is 11.1 Å². The van der Waals surface area contributed by atoms with Crippen LogP contribution in [-0.4, -0.2) is 14.2 Å². The van der Waals surface area contributed by atoms with E-state index in [0.717, 1.165) is 11.1 Å². The minimum atomic E-state index is -0.378. The van der Waals surface area contributed by atoms with E-state index in [9.17, 15) is 9.65 Å². The number of ether oxygens (including phenoxy) is 2. The van der Waals surface area contributed by atoms with E-state index >= 15 is 0 Å². The quantitative estimate of drug-likeness (QED) is 0.627. The molecule has 0 saturated heterocycles. The summed E-state index contributed by atoms with van der Waals surface area (Å²) >= 11 is 0. The first-order valence-electron chi connectivity index (χ1n) is 6.70. The minimum Gasteiger partial charge on any atom is -0.496 e. The number of methoxy groups -OCH3 is 2. The number of benzene rings is 2. The lowest BCUT2D eigenvalue weighted by Crippen LogP contribution is -1.95. The van der Waals surface area contributed by atoms with E-state index in [2.05, 4.69) is 6.07 Å². The standard InChI is InChI=1S/C18H16FNO2/c1-12-17(21-2)8-7-14(18(12)22-3)9-15(11-20)13-5-4-6-16(19)10-13/h4-10H,1-3H3/b15-9-. The molecule has 2 aromatic carbocycles. The highest BCUT2D eigenvalue weighted by Crippen LogP contribution is 2.33. The van der Waals surface area contributed by atoms with Crippen molar-refractivity contribution in [2.24, 2.45) is 0 Å². The van der Waals surface area contributed by atoms with E-state index < -0.39 is 0 Å². The number of nitriles is 1. The zero-order chi connectivity index (χ0) is 16.1. The molecule has 0 aliphatic carbocycles. The fourth-order valence-corrected chi connectivity index (χ4v) is 2.29. The van der Waals surface area contributed by atoms with Crippen LogP contribution in [0.4, 0.5) is 4.39 Å². The average molecular weight is 297 g/mol. The molecule has 0 fully saturated rings. The van der Waals surface area contributed by atoms with Crippen LogP contribution in [0.2, 0.25) is 0 Å². The molecule has 2 aromatic rings. The molecule has 0 bridgehead atoms. The molecule has 0 saturated carbocycles. The first kappa shape index (κ1) is 15.6. The molecule has 0 atom stereocenters. The number of hydrogen-bond donors (Lipinski definition) is 0. The van der Waals surface area contributed by atoms with Gasteiger partial charge in [0.1, 0.15) is 17.3 Å². The Balaban J connectivity index is 2.56. The van der Waals surface area contributed by atoms with Crippen molar-refractivity contribution in [2.45, 2.75) is 6.92 Å². The van der Waals surface area contributed by atoms with Crippen LogP contribution in [0.25, 0.3) is 11.6 Å². The van der Waals surface area contributed by atoms with Crippen LogP contribution in [0.5, 0.6) is 11.5 Å². The van der Waals surface area contributed by atoms with Crippen LogP contribution in [0.3, 0.4) is 0 Å². The van der Waals surface area contributed by atoms with E-state index in [1.807, 2.05) is 13.0 Å². The minimum absolute atomic E-state index is 0.363. The summed E-state index contributed by atoms with van der Waals surface area (Å²) in [4.78, 5) is 0. The molecular formula is C18H16FNO2. The van der Waals surface area contributed by atoms with Gasteiger partial charge in [-0.3, -0.25) is 0 Å². The predicted octanol–water partition coefficient (Wildman–Crippen LogP) is 4.22. The molecule has 0 aliphatic rings. The van der Waals surface area contributed by atoms with Gasteiger partial charge >= 0.3 is 0 Å². The second-order valence-electron chi connectivity index (χ2n) is 4.70. The second kappa shape index (κ2) is 6.77. The maximum absolute atomic E-state index is 13.3. The topological polar surface area (TPSA) is 42.2 Å². The molecule has 0 N–H and O–H groups in total. The van der Waals surface area contributed by atoms with Gasteiger partial charge in [-0.05, 0) is 42.8 Å². The van der Waals surface area contributed by atoms with E-state index in [0.29, 0.717) is 22.6 Å². The number of halogens is 1. The number of rotatable bonds is 4. The fraction of sp³-hybridized carbons (Fsp3) is 0.167. The van der Waals surface area contributed by atoms with Gasteiger partial charge in [0.05, 0.1) is 25.9 Å². The Hall–Kier alpha value is -2.80. The normalized spacial score (nSPS) is 11.0. The Morgan fingerprint density at radius 1 is 1.18 bits per heavy atom. The summed E-state index contributed by atoms with van der Waals surface area (Å²) in [7, 11) is 3.15. The molecule has 112 valence electrons. The molecule has 0 unspecified atom stereocenters. The zero-order valence-corrected chi connectivity index (χ0v) is 12.7. The summed E-state index contributed by atoms with van der Waals surface area (Å²) in [6.07, 6.45) is 1.68. The largest absolute Gasteiger partial charge is 0.496 e. The molecule has 0 aliphatic heterocycles. The Labute approximate surface area is 129 Å². The summed E-state index contributed by atoms with van der Waals surface area (Å²) in [6.45, 7) is 1.88. The average Bonchev–Trinajstić information content (AvgIpc) is 2.52. The molecule has 4 heteroatoms. The first-order chi connectivity index (χ1) is 10.6. The Kier molecular flexibility index (Phi) is 4.80. The van der Waals surface area contributed by atoms with Crippen molar-refractivity contribution in [3.05, 3.63) is 58.9 Å². The van der Waals surface area contributed by atoms with E-state index in [1.54, 1.807) is 38.5 Å². The van der Waals surface area contributed by atoms with E-state index in [4.69, 9.17) is 9.47 Å². The van der Waals surface area contributed by atoms with Crippen molar-refractivity contribution in [1.82, 2.24) is 0 Å². The molecule has 0 heterocycles. The third-order valence-corrected chi connectivity index (χ3v) is 3.37. The van der Waals surface area contributed by atoms with Crippen molar-refractivity contribution in [3.63, 3.8) is 0 Å². The van der Waals surface area contributed by atoms with Crippen molar-refractivity contribution < 1.29 is 13.9 Å². The lowest BCUT2D eigenvalue weighted by Gasteiger charge is -2.12. The first-order valence-corrected chi connectivity index (χ1v) is 6.70. The Morgan fingerprint density at radius 3 is 2.55 bits per heavy atom. The number of nitrogens with zero attached hydrogens (tertiary/aromatic N) is 1. The van der Waals surface area contributed by atoms with Gasteiger partial charge in [0.2, 0.25) is 0 Å². The lowest BCUT2D eigenvalue weighted by atomic mass is 10.0. The van der Waals surface area contributed by atoms with Gasteiger partial charge in [-0.1, -0.05) is 12.1 Å². The second-order valence-corrected chi connectivity index (χ2v) is 4.70. The van der Waals surface area contributed by atoms with E-state index in [-0.39, 0.29) is 5.82 Å². The van der Waals surface area contributed by atoms with Gasteiger partial charge in [0.25, 0.3) is 0 Å². The molecule has 0 spiro atoms. The van der Waals surface area contributed by atoms with Crippen LogP contribution in [0, 0.1) is 24.1 Å². The molecular weight excluding hydrogens is 281 g/mol. The van der Waals surface area contributed by atoms with Crippen LogP contribution in [0.15, 0.2) is 36.4 Å². The fourth-order valence-electron chi connectivity index (χ4n) is 2.29. The van der Waals surface area contributed by atoms with Crippen LogP contribution >= 0.6 is 0 Å². The summed E-state index contributed by atoms with van der Waals surface area (Å²) in [6, 6.07) is 11.7. The zero-order valence-electron chi connectivity index (χ0n) is 12.7. The predicted molar refractivity (Wildman–Crippen MR) is 84.2 cm³/mol. The Bertz CT molecular complexity index is 760. The van der Waals surface area contributed by atoms with E-state index in [1.165, 1.54) is 12.1 Å². The molecule has 0 radical (unpaired) electrons. The molecule has 3 nitrogen and oxygen atoms in total. The monoisotopic (exact) mass is 297 g/mol. The van der Waals surface area contributed by atoms with Gasteiger partial charge in [0.15, 0.2) is 0 Å². The van der Waals surface area contributed by atoms with Crippen molar-refractivity contribution in [2.75, 3.05) is 14.2 Å². The molecule has 0 amide bonds. The van der Waals surface area contributed by atoms with Crippen LogP contribution in [0.1, 0.15) is 16.7 Å². The summed E-state index contributed by atoms with van der Waals surface area (Å²) in [5.74, 6) is 0.957. The molecule has 2 rings (SSSR count). The SMILES string of the molecule is COc1ccc(/C=C(/C#N)c2cccc(F)c2)c(OC)c1C. The smallest absolute Gasteiger partial charge is 0.132 e. The van der Waals surface area contributed by atoms with Crippen LogP contribution in [-0.2, 0) is 0 Å². The highest BCUT2D eigenvalue weighted by Gasteiger charge is 2.11. The summed E-state index contributed by atoms with van der Waals surface area (Å²) in [5.41, 5.74) is 2.47. The van der Waals surface area contributed by atoms with Gasteiger partial charge in [-0.15, -0.1) is 0 Å². The third kappa shape index (κ3) is 3.09. The van der Waals surface area contributed by atoms with Crippen LogP contribution < -0.4 is 9.47 Å². The highest BCUT2D eigenvalue weighted by molar-refractivity contribution is 5.91. The number of allylic oxidation sites excluding steroid dienone is 1. The summed E-state index contributed by atoms with van der Waals surface area (Å²) in [5, 5.41) is 9.36. The molecule has 0 aromatic heterocycles. The number of hydrogen-bond acceptors (Lipinski definition) is 3. The lowest BCUT2D eigenvalue weighted by molar-refractivity contribution is 0.388. The van der Waals surface area contributed by atoms with Gasteiger partial charge in [-0.25, -0.2) is 4.39 Å². The summed E-state index contributed by atoms with van der Waals surface area (Å²) < 4.78 is 24.0.